The second kappa shape index (κ2) is 7.36. The number of carbonyl (C=O) groups is 2. The molecule has 114 valence electrons. The number of aromatic nitrogens is 1. The number of pyridine rings is 1. The van der Waals surface area contributed by atoms with Crippen molar-refractivity contribution in [3.05, 3.63) is 59.4 Å². The van der Waals surface area contributed by atoms with Crippen molar-refractivity contribution in [2.75, 3.05) is 12.4 Å². The van der Waals surface area contributed by atoms with Crippen LogP contribution in [0.25, 0.3) is 0 Å². The summed E-state index contributed by atoms with van der Waals surface area (Å²) in [7, 11) is 1.61. The van der Waals surface area contributed by atoms with E-state index in [1.807, 2.05) is 31.2 Å². The van der Waals surface area contributed by atoms with Gasteiger partial charge in [0.05, 0.1) is 5.56 Å². The van der Waals surface area contributed by atoms with Crippen LogP contribution in [-0.2, 0) is 11.2 Å². The van der Waals surface area contributed by atoms with Gasteiger partial charge >= 0.3 is 0 Å². The molecule has 2 rings (SSSR count). The van der Waals surface area contributed by atoms with E-state index in [1.54, 1.807) is 25.5 Å². The molecule has 0 bridgehead atoms. The van der Waals surface area contributed by atoms with Gasteiger partial charge in [-0.25, -0.2) is 0 Å². The van der Waals surface area contributed by atoms with Gasteiger partial charge in [0.25, 0.3) is 5.91 Å². The number of anilines is 1. The Morgan fingerprint density at radius 1 is 1.18 bits per heavy atom. The molecule has 1 heterocycles. The van der Waals surface area contributed by atoms with Crippen molar-refractivity contribution in [2.45, 2.75) is 19.8 Å². The first-order valence-corrected chi connectivity index (χ1v) is 7.12. The van der Waals surface area contributed by atoms with Crippen molar-refractivity contribution in [1.82, 2.24) is 10.3 Å². The molecule has 0 unspecified atom stereocenters. The predicted molar refractivity (Wildman–Crippen MR) is 85.8 cm³/mol. The van der Waals surface area contributed by atoms with Gasteiger partial charge < -0.3 is 10.6 Å². The Morgan fingerprint density at radius 2 is 1.95 bits per heavy atom. The van der Waals surface area contributed by atoms with Crippen LogP contribution < -0.4 is 10.6 Å². The molecule has 2 amide bonds. The molecule has 5 heteroatoms. The van der Waals surface area contributed by atoms with E-state index in [0.717, 1.165) is 16.8 Å². The molecule has 0 fully saturated rings. The molecule has 22 heavy (non-hydrogen) atoms. The Balaban J connectivity index is 2.14. The van der Waals surface area contributed by atoms with Crippen LogP contribution in [0.15, 0.2) is 42.7 Å². The van der Waals surface area contributed by atoms with E-state index >= 15 is 0 Å². The third-order valence-corrected chi connectivity index (χ3v) is 3.45. The van der Waals surface area contributed by atoms with E-state index in [1.165, 1.54) is 0 Å². The second-order valence-electron chi connectivity index (χ2n) is 4.98. The van der Waals surface area contributed by atoms with E-state index in [2.05, 4.69) is 15.6 Å². The summed E-state index contributed by atoms with van der Waals surface area (Å²) in [6, 6.07) is 9.29. The van der Waals surface area contributed by atoms with E-state index in [9.17, 15) is 9.59 Å². The number of para-hydroxylation sites is 1. The second-order valence-corrected chi connectivity index (χ2v) is 4.98. The summed E-state index contributed by atoms with van der Waals surface area (Å²) in [5.74, 6) is -0.220. The van der Waals surface area contributed by atoms with Crippen molar-refractivity contribution in [1.29, 1.82) is 0 Å². The highest BCUT2D eigenvalue weighted by atomic mass is 16.2. The summed E-state index contributed by atoms with van der Waals surface area (Å²) in [5, 5.41) is 5.49. The molecule has 1 aromatic heterocycles. The first-order chi connectivity index (χ1) is 10.6. The lowest BCUT2D eigenvalue weighted by Gasteiger charge is -2.11. The summed E-state index contributed by atoms with van der Waals surface area (Å²) in [5.41, 5.74) is 3.07. The average molecular weight is 297 g/mol. The first kappa shape index (κ1) is 15.7. The number of nitrogens with zero attached hydrogens (tertiary/aromatic N) is 1. The lowest BCUT2D eigenvalue weighted by Crippen LogP contribution is -2.19. The van der Waals surface area contributed by atoms with Crippen LogP contribution in [0.3, 0.4) is 0 Å². The van der Waals surface area contributed by atoms with Crippen LogP contribution in [0.2, 0.25) is 0 Å². The normalized spacial score (nSPS) is 10.1. The zero-order valence-corrected chi connectivity index (χ0v) is 12.7. The van der Waals surface area contributed by atoms with E-state index in [4.69, 9.17) is 0 Å². The van der Waals surface area contributed by atoms with Crippen molar-refractivity contribution in [2.24, 2.45) is 0 Å². The maximum atomic E-state index is 12.4. The third kappa shape index (κ3) is 3.91. The number of hydrogen-bond donors (Lipinski definition) is 2. The summed E-state index contributed by atoms with van der Waals surface area (Å²) in [6.07, 6.45) is 4.17. The third-order valence-electron chi connectivity index (χ3n) is 3.45. The van der Waals surface area contributed by atoms with Crippen molar-refractivity contribution >= 4 is 17.5 Å². The van der Waals surface area contributed by atoms with Gasteiger partial charge in [-0.2, -0.15) is 0 Å². The van der Waals surface area contributed by atoms with Gasteiger partial charge in [-0.1, -0.05) is 18.2 Å². The molecule has 0 radical (unpaired) electrons. The quantitative estimate of drug-likeness (QED) is 0.889. The van der Waals surface area contributed by atoms with Crippen LogP contribution in [0, 0.1) is 6.92 Å². The predicted octanol–water partition coefficient (Wildman–Crippen LogP) is 2.32. The van der Waals surface area contributed by atoms with E-state index in [0.29, 0.717) is 18.4 Å². The molecular formula is C17H19N3O2. The number of benzene rings is 1. The Bertz CT molecular complexity index is 683. The highest BCUT2D eigenvalue weighted by Gasteiger charge is 2.11. The molecule has 0 saturated heterocycles. The van der Waals surface area contributed by atoms with Crippen LogP contribution in [0.4, 0.5) is 5.69 Å². The molecule has 2 aromatic rings. The number of carbonyl (C=O) groups excluding carboxylic acids is 2. The fourth-order valence-corrected chi connectivity index (χ4v) is 2.12. The van der Waals surface area contributed by atoms with Gasteiger partial charge in [0.1, 0.15) is 0 Å². The minimum Gasteiger partial charge on any atom is -0.359 e. The number of amides is 2. The lowest BCUT2D eigenvalue weighted by molar-refractivity contribution is -0.120. The number of aryl methyl sites for hydroxylation is 2. The standard InChI is InChI=1S/C17H19N3O2/c1-12-9-10-19-11-14(12)17(22)20-15-6-4-3-5-13(15)7-8-16(21)18-2/h3-6,9-11H,7-8H2,1-2H3,(H,18,21)(H,20,22). The highest BCUT2D eigenvalue weighted by molar-refractivity contribution is 6.05. The Hall–Kier alpha value is -2.69. The van der Waals surface area contributed by atoms with Crippen LogP contribution in [-0.4, -0.2) is 23.8 Å². The zero-order valence-electron chi connectivity index (χ0n) is 12.7. The maximum absolute atomic E-state index is 12.4. The minimum absolute atomic E-state index is 0.0239. The number of nitrogens with one attached hydrogen (secondary N) is 2. The van der Waals surface area contributed by atoms with E-state index in [-0.39, 0.29) is 11.8 Å². The summed E-state index contributed by atoms with van der Waals surface area (Å²) in [4.78, 5) is 27.7. The fourth-order valence-electron chi connectivity index (χ4n) is 2.12. The Kier molecular flexibility index (Phi) is 5.25. The van der Waals surface area contributed by atoms with Gasteiger partial charge in [-0.3, -0.25) is 14.6 Å². The highest BCUT2D eigenvalue weighted by Crippen LogP contribution is 2.18. The molecule has 0 aliphatic rings. The first-order valence-electron chi connectivity index (χ1n) is 7.12. The van der Waals surface area contributed by atoms with Gasteiger partial charge in [0.15, 0.2) is 0 Å². The Labute approximate surface area is 129 Å². The molecule has 0 aliphatic heterocycles. The van der Waals surface area contributed by atoms with Crippen molar-refractivity contribution in [3.63, 3.8) is 0 Å². The van der Waals surface area contributed by atoms with Crippen molar-refractivity contribution < 1.29 is 9.59 Å². The molecule has 0 spiro atoms. The lowest BCUT2D eigenvalue weighted by atomic mass is 10.1. The Morgan fingerprint density at radius 3 is 2.68 bits per heavy atom. The zero-order chi connectivity index (χ0) is 15.9. The van der Waals surface area contributed by atoms with Crippen molar-refractivity contribution in [3.8, 4) is 0 Å². The topological polar surface area (TPSA) is 71.1 Å². The van der Waals surface area contributed by atoms with Crippen LogP contribution in [0.1, 0.15) is 27.9 Å². The number of rotatable bonds is 5. The van der Waals surface area contributed by atoms with Gasteiger partial charge in [-0.05, 0) is 36.6 Å². The van der Waals surface area contributed by atoms with Gasteiger partial charge in [-0.15, -0.1) is 0 Å². The maximum Gasteiger partial charge on any atom is 0.257 e. The molecule has 2 N–H and O–H groups in total. The average Bonchev–Trinajstić information content (AvgIpc) is 2.54. The minimum atomic E-state index is -0.196. The molecule has 0 atom stereocenters. The molecule has 0 aliphatic carbocycles. The molecule has 5 nitrogen and oxygen atoms in total. The monoisotopic (exact) mass is 297 g/mol. The fraction of sp³-hybridized carbons (Fsp3) is 0.235. The van der Waals surface area contributed by atoms with E-state index < -0.39 is 0 Å². The summed E-state index contributed by atoms with van der Waals surface area (Å²) < 4.78 is 0. The number of hydrogen-bond acceptors (Lipinski definition) is 3. The van der Waals surface area contributed by atoms with Gasteiger partial charge in [0.2, 0.25) is 5.91 Å². The molecule has 0 saturated carbocycles. The van der Waals surface area contributed by atoms with Crippen LogP contribution >= 0.6 is 0 Å². The summed E-state index contributed by atoms with van der Waals surface area (Å²) in [6.45, 7) is 1.87. The summed E-state index contributed by atoms with van der Waals surface area (Å²) >= 11 is 0. The van der Waals surface area contributed by atoms with Gasteiger partial charge in [0, 0.05) is 31.5 Å². The molecular weight excluding hydrogens is 278 g/mol. The SMILES string of the molecule is CNC(=O)CCc1ccccc1NC(=O)c1cnccc1C. The largest absolute Gasteiger partial charge is 0.359 e. The van der Waals surface area contributed by atoms with Crippen LogP contribution in [0.5, 0.6) is 0 Å². The smallest absolute Gasteiger partial charge is 0.257 e. The molecule has 1 aromatic carbocycles.